The molecule has 348 valence electrons. The fourth-order valence-electron chi connectivity index (χ4n) is 8.96. The van der Waals surface area contributed by atoms with E-state index in [0.29, 0.717) is 13.1 Å². The lowest BCUT2D eigenvalue weighted by atomic mass is 9.98. The van der Waals surface area contributed by atoms with Gasteiger partial charge in [-0.3, -0.25) is 24.0 Å². The smallest absolute Gasteiger partial charge is 0.407 e. The number of likely N-dealkylation sites (N-methyl/N-ethyl adjacent to an activating group) is 2. The van der Waals surface area contributed by atoms with Crippen LogP contribution in [0.1, 0.15) is 66.3 Å². The molecule has 13 heteroatoms. The number of likely N-dealkylation sites (tertiary alicyclic amines) is 1. The SMILES string of the molecule is C[C@H](NC(=O)C(Cc1ccccc1)N(C)C(=O)[C@H](Cc1ccccc1)N(C)C(=O)[C@H](CC(=O)OCc1ccccc1)NC(=O)OCC1c2ccccc2-c2ccccc21)C(=O)N1CCCCC1. The topological polar surface area (TPSA) is 155 Å². The van der Waals surface area contributed by atoms with E-state index in [1.165, 1.54) is 23.9 Å². The Bertz CT molecular complexity index is 2450. The molecular formula is C54H59N5O8. The molecule has 2 aliphatic rings. The number of esters is 1. The largest absolute Gasteiger partial charge is 0.461 e. The molecule has 0 saturated carbocycles. The second-order valence-electron chi connectivity index (χ2n) is 17.3. The van der Waals surface area contributed by atoms with Crippen LogP contribution in [0, 0.1) is 0 Å². The number of hydrogen-bond donors (Lipinski definition) is 2. The van der Waals surface area contributed by atoms with Gasteiger partial charge in [-0.05, 0) is 65.1 Å². The molecule has 5 aromatic carbocycles. The first-order chi connectivity index (χ1) is 32.5. The third-order valence-electron chi connectivity index (χ3n) is 12.7. The summed E-state index contributed by atoms with van der Waals surface area (Å²) >= 11 is 0. The number of alkyl carbamates (subject to hydrolysis) is 1. The van der Waals surface area contributed by atoms with Crippen molar-refractivity contribution in [3.63, 3.8) is 0 Å². The summed E-state index contributed by atoms with van der Waals surface area (Å²) in [7, 11) is 2.95. The van der Waals surface area contributed by atoms with E-state index in [0.717, 1.165) is 58.2 Å². The van der Waals surface area contributed by atoms with E-state index in [1.807, 2.05) is 127 Å². The fourth-order valence-corrected chi connectivity index (χ4v) is 8.96. The summed E-state index contributed by atoms with van der Waals surface area (Å²) in [5.41, 5.74) is 6.34. The van der Waals surface area contributed by atoms with Crippen molar-refractivity contribution in [2.75, 3.05) is 33.8 Å². The fraction of sp³-hybridized carbons (Fsp3) is 0.333. The predicted molar refractivity (Wildman–Crippen MR) is 254 cm³/mol. The summed E-state index contributed by atoms with van der Waals surface area (Å²) < 4.78 is 11.4. The zero-order valence-corrected chi connectivity index (χ0v) is 38.3. The van der Waals surface area contributed by atoms with Crippen LogP contribution in [0.15, 0.2) is 140 Å². The van der Waals surface area contributed by atoms with Crippen LogP contribution in [-0.2, 0) is 52.9 Å². The Hall–Kier alpha value is -7.28. The molecule has 2 N–H and O–H groups in total. The van der Waals surface area contributed by atoms with Gasteiger partial charge in [0.15, 0.2) is 0 Å². The summed E-state index contributed by atoms with van der Waals surface area (Å²) in [5, 5.41) is 5.52. The van der Waals surface area contributed by atoms with Gasteiger partial charge in [0, 0.05) is 45.9 Å². The number of nitrogens with zero attached hydrogens (tertiary/aromatic N) is 3. The van der Waals surface area contributed by atoms with Gasteiger partial charge in [-0.1, -0.05) is 140 Å². The summed E-state index contributed by atoms with van der Waals surface area (Å²) in [4.78, 5) is 89.3. The standard InChI is InChI=1S/C54H59N5O8/c1-37(51(62)59-30-18-7-19-31-59)55-50(61)47(32-38-20-8-4-9-21-38)57(2)53(64)48(33-39-22-10-5-11-23-39)58(3)52(63)46(34-49(60)66-35-40-24-12-6-13-25-40)56-54(65)67-36-45-43-28-16-14-26-41(43)42-27-15-17-29-44(42)45/h4-6,8-17,20-29,37,45-48H,7,18-19,30-36H2,1-3H3,(H,55,61)(H,56,65)/t37-,46-,47?,48-/m0/s1. The average Bonchev–Trinajstić information content (AvgIpc) is 3.69. The number of ether oxygens (including phenoxy) is 2. The Kier molecular flexibility index (Phi) is 16.2. The highest BCUT2D eigenvalue weighted by molar-refractivity contribution is 5.96. The van der Waals surface area contributed by atoms with E-state index in [9.17, 15) is 24.0 Å². The number of carbonyl (C=O) groups excluding carboxylic acids is 6. The maximum absolute atomic E-state index is 15.0. The van der Waals surface area contributed by atoms with Gasteiger partial charge < -0.3 is 34.8 Å². The van der Waals surface area contributed by atoms with Crippen molar-refractivity contribution >= 4 is 35.7 Å². The molecule has 0 spiro atoms. The second-order valence-corrected chi connectivity index (χ2v) is 17.3. The minimum Gasteiger partial charge on any atom is -0.461 e. The lowest BCUT2D eigenvalue weighted by Crippen LogP contribution is -2.60. The van der Waals surface area contributed by atoms with E-state index in [2.05, 4.69) is 10.6 Å². The van der Waals surface area contributed by atoms with Crippen LogP contribution in [0.3, 0.4) is 0 Å². The van der Waals surface area contributed by atoms with Crippen LogP contribution in [0.2, 0.25) is 0 Å². The summed E-state index contributed by atoms with van der Waals surface area (Å²) in [5.74, 6) is -3.06. The maximum atomic E-state index is 15.0. The Balaban J connectivity index is 1.13. The molecular weight excluding hydrogens is 847 g/mol. The minimum atomic E-state index is -1.51. The average molecular weight is 906 g/mol. The van der Waals surface area contributed by atoms with E-state index < -0.39 is 60.4 Å². The van der Waals surface area contributed by atoms with Crippen molar-refractivity contribution in [3.8, 4) is 11.1 Å². The van der Waals surface area contributed by atoms with Gasteiger partial charge >= 0.3 is 12.1 Å². The van der Waals surface area contributed by atoms with Crippen molar-refractivity contribution in [2.45, 2.75) is 82.1 Å². The van der Waals surface area contributed by atoms with Gasteiger partial charge in [0.1, 0.15) is 37.4 Å². The monoisotopic (exact) mass is 905 g/mol. The van der Waals surface area contributed by atoms with Gasteiger partial charge in [-0.25, -0.2) is 4.79 Å². The minimum absolute atomic E-state index is 0.0336. The summed E-state index contributed by atoms with van der Waals surface area (Å²) in [6.07, 6.45) is 1.49. The summed E-state index contributed by atoms with van der Waals surface area (Å²) in [6.45, 7) is 2.79. The normalized spacial score (nSPS) is 14.8. The summed E-state index contributed by atoms with van der Waals surface area (Å²) in [6, 6.07) is 38.6. The molecule has 1 aliphatic heterocycles. The van der Waals surface area contributed by atoms with Crippen molar-refractivity contribution < 1.29 is 38.2 Å². The number of piperidine rings is 1. The van der Waals surface area contributed by atoms with Crippen LogP contribution in [-0.4, -0.2) is 108 Å². The number of amides is 5. The van der Waals surface area contributed by atoms with Gasteiger partial charge in [-0.15, -0.1) is 0 Å². The molecule has 1 saturated heterocycles. The Morgan fingerprint density at radius 3 is 1.66 bits per heavy atom. The van der Waals surface area contributed by atoms with E-state index in [4.69, 9.17) is 9.47 Å². The zero-order valence-electron chi connectivity index (χ0n) is 38.3. The number of hydrogen-bond acceptors (Lipinski definition) is 8. The van der Waals surface area contributed by atoms with Crippen LogP contribution < -0.4 is 10.6 Å². The van der Waals surface area contributed by atoms with Crippen molar-refractivity contribution in [3.05, 3.63) is 167 Å². The zero-order chi connectivity index (χ0) is 47.3. The van der Waals surface area contributed by atoms with Gasteiger partial charge in [-0.2, -0.15) is 0 Å². The maximum Gasteiger partial charge on any atom is 0.407 e. The number of rotatable bonds is 18. The van der Waals surface area contributed by atoms with Crippen LogP contribution in [0.4, 0.5) is 4.79 Å². The molecule has 0 bridgehead atoms. The molecule has 1 fully saturated rings. The van der Waals surface area contributed by atoms with E-state index in [-0.39, 0.29) is 37.9 Å². The highest BCUT2D eigenvalue weighted by atomic mass is 16.5. The van der Waals surface area contributed by atoms with Crippen LogP contribution in [0.25, 0.3) is 11.1 Å². The molecule has 13 nitrogen and oxygen atoms in total. The van der Waals surface area contributed by atoms with Crippen molar-refractivity contribution in [1.29, 1.82) is 0 Å². The number of fused-ring (bicyclic) bond motifs is 3. The molecule has 5 aromatic rings. The molecule has 5 amide bonds. The lowest BCUT2D eigenvalue weighted by molar-refractivity contribution is -0.151. The Morgan fingerprint density at radius 1 is 0.597 bits per heavy atom. The van der Waals surface area contributed by atoms with E-state index in [1.54, 1.807) is 24.0 Å². The first kappa shape index (κ1) is 47.7. The molecule has 1 unspecified atom stereocenters. The first-order valence-electron chi connectivity index (χ1n) is 23.0. The molecule has 1 heterocycles. The lowest BCUT2D eigenvalue weighted by Gasteiger charge is -2.36. The highest BCUT2D eigenvalue weighted by Crippen LogP contribution is 2.44. The van der Waals surface area contributed by atoms with Crippen molar-refractivity contribution in [1.82, 2.24) is 25.3 Å². The van der Waals surface area contributed by atoms with Crippen LogP contribution in [0.5, 0.6) is 0 Å². The molecule has 67 heavy (non-hydrogen) atoms. The van der Waals surface area contributed by atoms with Crippen LogP contribution >= 0.6 is 0 Å². The van der Waals surface area contributed by atoms with Crippen molar-refractivity contribution in [2.24, 2.45) is 0 Å². The molecule has 0 aromatic heterocycles. The Labute approximate surface area is 392 Å². The van der Waals surface area contributed by atoms with Gasteiger partial charge in [0.05, 0.1) is 6.42 Å². The number of benzene rings is 5. The number of carbonyl (C=O) groups is 6. The van der Waals surface area contributed by atoms with Gasteiger partial charge in [0.25, 0.3) is 0 Å². The molecule has 7 rings (SSSR count). The second kappa shape index (κ2) is 22.8. The first-order valence-corrected chi connectivity index (χ1v) is 23.0. The predicted octanol–water partition coefficient (Wildman–Crippen LogP) is 6.68. The number of nitrogens with one attached hydrogen (secondary N) is 2. The van der Waals surface area contributed by atoms with E-state index >= 15 is 4.79 Å². The highest BCUT2D eigenvalue weighted by Gasteiger charge is 2.39. The molecule has 0 radical (unpaired) electrons. The molecule has 4 atom stereocenters. The van der Waals surface area contributed by atoms with Gasteiger partial charge in [0.2, 0.25) is 23.6 Å². The third-order valence-corrected chi connectivity index (χ3v) is 12.7. The quantitative estimate of drug-likeness (QED) is 0.0924. The molecule has 1 aliphatic carbocycles. The third kappa shape index (κ3) is 12.1. The Morgan fingerprint density at radius 2 is 1.09 bits per heavy atom.